The van der Waals surface area contributed by atoms with Gasteiger partial charge in [-0.3, -0.25) is 9.59 Å². The number of carbonyl (C=O) groups excluding carboxylic acids is 2. The van der Waals surface area contributed by atoms with Crippen molar-refractivity contribution in [2.24, 2.45) is 0 Å². The minimum absolute atomic E-state index is 0.0804. The molecule has 1 heterocycles. The van der Waals surface area contributed by atoms with Crippen molar-refractivity contribution in [2.75, 3.05) is 18.2 Å². The summed E-state index contributed by atoms with van der Waals surface area (Å²) < 4.78 is 5.10. The summed E-state index contributed by atoms with van der Waals surface area (Å²) in [7, 11) is 1.62. The van der Waals surface area contributed by atoms with E-state index in [1.807, 2.05) is 29.6 Å². The van der Waals surface area contributed by atoms with Gasteiger partial charge >= 0.3 is 0 Å². The van der Waals surface area contributed by atoms with E-state index in [9.17, 15) is 9.59 Å². The third-order valence-corrected chi connectivity index (χ3v) is 4.11. The highest BCUT2D eigenvalue weighted by atomic mass is 32.2. The molecule has 0 aliphatic rings. The molecule has 0 radical (unpaired) electrons. The standard InChI is InChI=1S/C14H14N2O3S2/c1-9(17)20-8-13(18)16-14-15-12(7-21-14)10-3-5-11(19-2)6-4-10/h3-7H,8H2,1-2H3,(H,15,16,18). The predicted molar refractivity (Wildman–Crippen MR) is 85.9 cm³/mol. The molecule has 0 saturated heterocycles. The van der Waals surface area contributed by atoms with Crippen LogP contribution in [0.3, 0.4) is 0 Å². The molecule has 110 valence electrons. The van der Waals surface area contributed by atoms with Crippen LogP contribution in [0.25, 0.3) is 11.3 Å². The van der Waals surface area contributed by atoms with Gasteiger partial charge in [-0.1, -0.05) is 11.8 Å². The Kier molecular flexibility index (Phi) is 5.35. The van der Waals surface area contributed by atoms with Gasteiger partial charge in [-0.2, -0.15) is 0 Å². The number of amides is 1. The summed E-state index contributed by atoms with van der Waals surface area (Å²) in [5, 5.41) is 4.99. The summed E-state index contributed by atoms with van der Waals surface area (Å²) in [5.74, 6) is 0.655. The van der Waals surface area contributed by atoms with Crippen LogP contribution in [0.2, 0.25) is 0 Å². The number of rotatable bonds is 5. The van der Waals surface area contributed by atoms with Crippen molar-refractivity contribution in [3.05, 3.63) is 29.6 Å². The number of ether oxygens (including phenoxy) is 1. The van der Waals surface area contributed by atoms with Gasteiger partial charge in [0.25, 0.3) is 0 Å². The first-order valence-electron chi connectivity index (χ1n) is 6.11. The molecule has 0 spiro atoms. The first-order valence-corrected chi connectivity index (χ1v) is 7.98. The summed E-state index contributed by atoms with van der Waals surface area (Å²) in [6.07, 6.45) is 0. The van der Waals surface area contributed by atoms with Crippen molar-refractivity contribution in [1.82, 2.24) is 4.98 Å². The van der Waals surface area contributed by atoms with E-state index >= 15 is 0 Å². The molecule has 5 nitrogen and oxygen atoms in total. The van der Waals surface area contributed by atoms with Crippen molar-refractivity contribution in [2.45, 2.75) is 6.92 Å². The first kappa shape index (κ1) is 15.5. The molecule has 0 aliphatic heterocycles. The second-order valence-corrected chi connectivity index (χ2v) is 6.11. The van der Waals surface area contributed by atoms with Crippen molar-refractivity contribution >= 4 is 39.3 Å². The summed E-state index contributed by atoms with van der Waals surface area (Å²) >= 11 is 2.33. The zero-order chi connectivity index (χ0) is 15.2. The van der Waals surface area contributed by atoms with Crippen LogP contribution in [0.1, 0.15) is 6.92 Å². The van der Waals surface area contributed by atoms with Crippen LogP contribution in [-0.4, -0.2) is 28.9 Å². The average molecular weight is 322 g/mol. The topological polar surface area (TPSA) is 68.3 Å². The van der Waals surface area contributed by atoms with Crippen LogP contribution in [0.15, 0.2) is 29.6 Å². The zero-order valence-electron chi connectivity index (χ0n) is 11.6. The molecular weight excluding hydrogens is 308 g/mol. The Morgan fingerprint density at radius 1 is 1.33 bits per heavy atom. The average Bonchev–Trinajstić information content (AvgIpc) is 2.93. The molecule has 1 aromatic heterocycles. The number of thiazole rings is 1. The second-order valence-electron chi connectivity index (χ2n) is 4.09. The molecule has 0 saturated carbocycles. The molecule has 0 bridgehead atoms. The van der Waals surface area contributed by atoms with E-state index in [-0.39, 0.29) is 16.8 Å². The van der Waals surface area contributed by atoms with E-state index in [1.165, 1.54) is 18.3 Å². The molecule has 1 N–H and O–H groups in total. The zero-order valence-corrected chi connectivity index (χ0v) is 13.2. The molecular formula is C14H14N2O3S2. The Hall–Kier alpha value is -1.86. The Morgan fingerprint density at radius 3 is 2.67 bits per heavy atom. The molecule has 2 aromatic rings. The largest absolute Gasteiger partial charge is 0.497 e. The van der Waals surface area contributed by atoms with Gasteiger partial charge in [0, 0.05) is 17.9 Å². The van der Waals surface area contributed by atoms with Crippen molar-refractivity contribution in [3.63, 3.8) is 0 Å². The maximum atomic E-state index is 11.6. The number of hydrogen-bond donors (Lipinski definition) is 1. The maximum absolute atomic E-state index is 11.6. The highest BCUT2D eigenvalue weighted by Crippen LogP contribution is 2.26. The van der Waals surface area contributed by atoms with E-state index in [1.54, 1.807) is 7.11 Å². The summed E-state index contributed by atoms with van der Waals surface area (Å²) in [4.78, 5) is 26.8. The van der Waals surface area contributed by atoms with Gasteiger partial charge in [0.1, 0.15) is 5.75 Å². The number of nitrogens with zero attached hydrogens (tertiary/aromatic N) is 1. The Morgan fingerprint density at radius 2 is 2.05 bits per heavy atom. The lowest BCUT2D eigenvalue weighted by atomic mass is 10.2. The molecule has 0 fully saturated rings. The first-order chi connectivity index (χ1) is 10.1. The maximum Gasteiger partial charge on any atom is 0.236 e. The lowest BCUT2D eigenvalue weighted by Gasteiger charge is -2.01. The van der Waals surface area contributed by atoms with Gasteiger partial charge in [0.15, 0.2) is 10.2 Å². The SMILES string of the molecule is COc1ccc(-c2csc(NC(=O)CSC(C)=O)n2)cc1. The number of nitrogens with one attached hydrogen (secondary N) is 1. The molecule has 0 unspecified atom stereocenters. The van der Waals surface area contributed by atoms with E-state index < -0.39 is 0 Å². The number of benzene rings is 1. The molecule has 7 heteroatoms. The monoisotopic (exact) mass is 322 g/mol. The normalized spacial score (nSPS) is 10.2. The minimum atomic E-state index is -0.231. The fraction of sp³-hybridized carbons (Fsp3) is 0.214. The van der Waals surface area contributed by atoms with Crippen LogP contribution in [0.5, 0.6) is 5.75 Å². The number of hydrogen-bond acceptors (Lipinski definition) is 6. The van der Waals surface area contributed by atoms with Crippen molar-refractivity contribution in [1.29, 1.82) is 0 Å². The fourth-order valence-corrected chi connectivity index (χ4v) is 2.69. The Labute approximate surface area is 130 Å². The summed E-state index contributed by atoms with van der Waals surface area (Å²) in [6.45, 7) is 1.43. The third kappa shape index (κ3) is 4.57. The molecule has 2 rings (SSSR count). The smallest absolute Gasteiger partial charge is 0.236 e. The number of carbonyl (C=O) groups is 2. The number of thioether (sulfide) groups is 1. The highest BCUT2D eigenvalue weighted by molar-refractivity contribution is 8.14. The molecule has 0 aliphatic carbocycles. The molecule has 1 aromatic carbocycles. The number of methoxy groups -OCH3 is 1. The van der Waals surface area contributed by atoms with Crippen LogP contribution in [-0.2, 0) is 9.59 Å². The quantitative estimate of drug-likeness (QED) is 0.916. The van der Waals surface area contributed by atoms with Crippen LogP contribution in [0, 0.1) is 0 Å². The predicted octanol–water partition coefficient (Wildman–Crippen LogP) is 3.04. The van der Waals surface area contributed by atoms with Gasteiger partial charge in [-0.15, -0.1) is 11.3 Å². The molecule has 1 amide bonds. The van der Waals surface area contributed by atoms with Crippen molar-refractivity contribution < 1.29 is 14.3 Å². The van der Waals surface area contributed by atoms with E-state index in [2.05, 4.69) is 10.3 Å². The van der Waals surface area contributed by atoms with Crippen LogP contribution >= 0.6 is 23.1 Å². The van der Waals surface area contributed by atoms with Crippen LogP contribution in [0.4, 0.5) is 5.13 Å². The van der Waals surface area contributed by atoms with Gasteiger partial charge in [-0.25, -0.2) is 4.98 Å². The van der Waals surface area contributed by atoms with E-state index in [0.29, 0.717) is 5.13 Å². The number of anilines is 1. The number of aromatic nitrogens is 1. The Bertz CT molecular complexity index is 638. The fourth-order valence-electron chi connectivity index (χ4n) is 1.55. The summed E-state index contributed by atoms with van der Waals surface area (Å²) in [6, 6.07) is 7.53. The van der Waals surface area contributed by atoms with Crippen molar-refractivity contribution in [3.8, 4) is 17.0 Å². The minimum Gasteiger partial charge on any atom is -0.497 e. The van der Waals surface area contributed by atoms with Gasteiger partial charge < -0.3 is 10.1 Å². The van der Waals surface area contributed by atoms with Gasteiger partial charge in [-0.05, 0) is 24.3 Å². The van der Waals surface area contributed by atoms with E-state index in [4.69, 9.17) is 4.74 Å². The highest BCUT2D eigenvalue weighted by Gasteiger charge is 2.09. The summed E-state index contributed by atoms with van der Waals surface area (Å²) in [5.41, 5.74) is 1.74. The molecule has 0 atom stereocenters. The van der Waals surface area contributed by atoms with Crippen LogP contribution < -0.4 is 10.1 Å². The second kappa shape index (κ2) is 7.24. The third-order valence-electron chi connectivity index (χ3n) is 2.54. The lowest BCUT2D eigenvalue weighted by molar-refractivity contribution is -0.114. The Balaban J connectivity index is 2.00. The molecule has 21 heavy (non-hydrogen) atoms. The van der Waals surface area contributed by atoms with Gasteiger partial charge in [0.05, 0.1) is 18.6 Å². The lowest BCUT2D eigenvalue weighted by Crippen LogP contribution is -2.14. The van der Waals surface area contributed by atoms with Gasteiger partial charge in [0.2, 0.25) is 5.91 Å². The van der Waals surface area contributed by atoms with E-state index in [0.717, 1.165) is 28.8 Å².